The van der Waals surface area contributed by atoms with Crippen LogP contribution in [0.1, 0.15) is 10.5 Å². The lowest BCUT2D eigenvalue weighted by atomic mass is 10.2. The number of rotatable bonds is 3. The minimum atomic E-state index is -0.513. The first kappa shape index (κ1) is 13.0. The number of hydrogen-bond acceptors (Lipinski definition) is 6. The molecule has 3 rings (SSSR count). The van der Waals surface area contributed by atoms with Gasteiger partial charge in [-0.1, -0.05) is 18.2 Å². The van der Waals surface area contributed by atoms with E-state index in [4.69, 9.17) is 0 Å². The van der Waals surface area contributed by atoms with E-state index in [0.29, 0.717) is 5.82 Å². The molecule has 0 aliphatic carbocycles. The number of nitrogens with one attached hydrogen (secondary N) is 1. The van der Waals surface area contributed by atoms with Crippen LogP contribution >= 0.6 is 0 Å². The van der Waals surface area contributed by atoms with Crippen molar-refractivity contribution >= 4 is 28.4 Å². The lowest BCUT2D eigenvalue weighted by Crippen LogP contribution is -2.05. The van der Waals surface area contributed by atoms with E-state index in [0.717, 1.165) is 16.6 Å². The first-order valence-electron chi connectivity index (χ1n) is 6.28. The number of para-hydroxylation sites is 1. The Labute approximate surface area is 120 Å². The monoisotopic (exact) mass is 280 g/mol. The van der Waals surface area contributed by atoms with Crippen LogP contribution < -0.4 is 5.32 Å². The third-order valence-corrected chi connectivity index (χ3v) is 2.91. The summed E-state index contributed by atoms with van der Waals surface area (Å²) in [5.41, 5.74) is 1.89. The fourth-order valence-electron chi connectivity index (χ4n) is 1.89. The summed E-state index contributed by atoms with van der Waals surface area (Å²) in [6, 6.07) is 9.81. The van der Waals surface area contributed by atoms with Crippen molar-refractivity contribution in [2.75, 3.05) is 12.4 Å². The van der Waals surface area contributed by atoms with E-state index in [2.05, 4.69) is 25.0 Å². The quantitative estimate of drug-likeness (QED) is 0.743. The molecule has 0 saturated heterocycles. The summed E-state index contributed by atoms with van der Waals surface area (Å²) in [6.45, 7) is 0. The van der Waals surface area contributed by atoms with Crippen LogP contribution in [0.25, 0.3) is 10.9 Å². The van der Waals surface area contributed by atoms with Crippen LogP contribution in [0.5, 0.6) is 0 Å². The number of hydrogen-bond donors (Lipinski definition) is 1. The molecule has 2 heterocycles. The molecule has 6 heteroatoms. The lowest BCUT2D eigenvalue weighted by molar-refractivity contribution is 0.0593. The summed E-state index contributed by atoms with van der Waals surface area (Å²) >= 11 is 0. The van der Waals surface area contributed by atoms with E-state index in [9.17, 15) is 4.79 Å². The van der Waals surface area contributed by atoms with Crippen LogP contribution in [-0.2, 0) is 4.74 Å². The van der Waals surface area contributed by atoms with Crippen molar-refractivity contribution in [3.05, 3.63) is 54.6 Å². The first-order chi connectivity index (χ1) is 10.3. The second-order valence-electron chi connectivity index (χ2n) is 4.32. The number of ether oxygens (including phenoxy) is 1. The number of pyridine rings is 1. The summed E-state index contributed by atoms with van der Waals surface area (Å²) in [4.78, 5) is 23.7. The number of carbonyl (C=O) groups excluding carboxylic acids is 1. The molecule has 21 heavy (non-hydrogen) atoms. The maximum absolute atomic E-state index is 11.3. The lowest BCUT2D eigenvalue weighted by Gasteiger charge is -2.06. The van der Waals surface area contributed by atoms with E-state index in [1.165, 1.54) is 19.5 Å². The van der Waals surface area contributed by atoms with Gasteiger partial charge in [-0.15, -0.1) is 0 Å². The Morgan fingerprint density at radius 2 is 1.95 bits per heavy atom. The van der Waals surface area contributed by atoms with E-state index >= 15 is 0 Å². The normalized spacial score (nSPS) is 10.3. The zero-order valence-electron chi connectivity index (χ0n) is 11.3. The standard InChI is InChI=1S/C15H12N4O2/c1-21-15(20)13-8-18-14(9-17-13)19-11-6-10-4-2-3-5-12(10)16-7-11/h2-9H,1H3,(H,18,19). The van der Waals surface area contributed by atoms with Crippen molar-refractivity contribution in [3.8, 4) is 0 Å². The van der Waals surface area contributed by atoms with Gasteiger partial charge in [0.1, 0.15) is 5.82 Å². The third-order valence-electron chi connectivity index (χ3n) is 2.91. The van der Waals surface area contributed by atoms with E-state index in [-0.39, 0.29) is 5.69 Å². The van der Waals surface area contributed by atoms with Gasteiger partial charge in [0.05, 0.1) is 36.9 Å². The third kappa shape index (κ3) is 2.79. The average Bonchev–Trinajstić information content (AvgIpc) is 2.55. The molecule has 1 N–H and O–H groups in total. The highest BCUT2D eigenvalue weighted by Gasteiger charge is 2.07. The molecule has 0 spiro atoms. The van der Waals surface area contributed by atoms with Crippen molar-refractivity contribution in [2.24, 2.45) is 0 Å². The molecule has 1 aromatic carbocycles. The predicted octanol–water partition coefficient (Wildman–Crippen LogP) is 2.56. The Morgan fingerprint density at radius 3 is 2.71 bits per heavy atom. The molecule has 0 bridgehead atoms. The smallest absolute Gasteiger partial charge is 0.358 e. The van der Waals surface area contributed by atoms with Gasteiger partial charge in [0.15, 0.2) is 5.69 Å². The Hall–Kier alpha value is -3.02. The zero-order valence-corrected chi connectivity index (χ0v) is 11.3. The molecule has 2 aromatic heterocycles. The van der Waals surface area contributed by atoms with Crippen LogP contribution in [0, 0.1) is 0 Å². The highest BCUT2D eigenvalue weighted by atomic mass is 16.5. The second kappa shape index (κ2) is 5.54. The fourth-order valence-corrected chi connectivity index (χ4v) is 1.89. The number of methoxy groups -OCH3 is 1. The van der Waals surface area contributed by atoms with Gasteiger partial charge in [0.2, 0.25) is 0 Å². The highest BCUT2D eigenvalue weighted by Crippen LogP contribution is 2.18. The van der Waals surface area contributed by atoms with Gasteiger partial charge in [-0.2, -0.15) is 0 Å². The van der Waals surface area contributed by atoms with E-state index in [1.54, 1.807) is 6.20 Å². The summed E-state index contributed by atoms with van der Waals surface area (Å²) in [6.07, 6.45) is 4.56. The number of nitrogens with zero attached hydrogens (tertiary/aromatic N) is 3. The molecule has 0 fully saturated rings. The van der Waals surface area contributed by atoms with Crippen LogP contribution in [0.3, 0.4) is 0 Å². The molecule has 0 radical (unpaired) electrons. The molecular formula is C15H12N4O2. The highest BCUT2D eigenvalue weighted by molar-refractivity contribution is 5.87. The molecular weight excluding hydrogens is 268 g/mol. The average molecular weight is 280 g/mol. The van der Waals surface area contributed by atoms with Gasteiger partial charge >= 0.3 is 5.97 Å². The van der Waals surface area contributed by atoms with Gasteiger partial charge in [-0.25, -0.2) is 14.8 Å². The van der Waals surface area contributed by atoms with Gasteiger partial charge < -0.3 is 10.1 Å². The Morgan fingerprint density at radius 1 is 1.10 bits per heavy atom. The van der Waals surface area contributed by atoms with Crippen LogP contribution in [0.4, 0.5) is 11.5 Å². The van der Waals surface area contributed by atoms with Crippen LogP contribution in [0.15, 0.2) is 48.9 Å². The zero-order chi connectivity index (χ0) is 14.7. The molecule has 0 aliphatic rings. The number of fused-ring (bicyclic) bond motifs is 1. The number of benzene rings is 1. The number of anilines is 2. The number of esters is 1. The van der Waals surface area contributed by atoms with Crippen molar-refractivity contribution in [1.82, 2.24) is 15.0 Å². The fraction of sp³-hybridized carbons (Fsp3) is 0.0667. The SMILES string of the molecule is COC(=O)c1cnc(Nc2cnc3ccccc3c2)cn1. The minimum absolute atomic E-state index is 0.166. The molecule has 0 unspecified atom stereocenters. The van der Waals surface area contributed by atoms with Crippen molar-refractivity contribution in [1.29, 1.82) is 0 Å². The molecule has 6 nitrogen and oxygen atoms in total. The molecule has 0 amide bonds. The summed E-state index contributed by atoms with van der Waals surface area (Å²) in [7, 11) is 1.30. The maximum Gasteiger partial charge on any atom is 0.358 e. The van der Waals surface area contributed by atoms with Gasteiger partial charge in [-0.05, 0) is 12.1 Å². The van der Waals surface area contributed by atoms with E-state index < -0.39 is 5.97 Å². The molecule has 3 aromatic rings. The van der Waals surface area contributed by atoms with Gasteiger partial charge in [0, 0.05) is 5.39 Å². The summed E-state index contributed by atoms with van der Waals surface area (Å²) < 4.78 is 4.57. The van der Waals surface area contributed by atoms with Gasteiger partial charge in [-0.3, -0.25) is 4.98 Å². The van der Waals surface area contributed by atoms with Crippen molar-refractivity contribution in [2.45, 2.75) is 0 Å². The first-order valence-corrected chi connectivity index (χ1v) is 6.28. The van der Waals surface area contributed by atoms with Crippen molar-refractivity contribution < 1.29 is 9.53 Å². The van der Waals surface area contributed by atoms with Crippen LogP contribution in [-0.4, -0.2) is 28.0 Å². The Balaban J connectivity index is 1.83. The Bertz CT molecular complexity index is 787. The number of aromatic nitrogens is 3. The summed E-state index contributed by atoms with van der Waals surface area (Å²) in [5.74, 6) is 0.0150. The second-order valence-corrected chi connectivity index (χ2v) is 4.32. The summed E-state index contributed by atoms with van der Waals surface area (Å²) in [5, 5.41) is 4.12. The van der Waals surface area contributed by atoms with Crippen LogP contribution in [0.2, 0.25) is 0 Å². The largest absolute Gasteiger partial charge is 0.464 e. The Kier molecular flexibility index (Phi) is 3.42. The van der Waals surface area contributed by atoms with E-state index in [1.807, 2.05) is 30.3 Å². The topological polar surface area (TPSA) is 77.0 Å². The maximum atomic E-state index is 11.3. The molecule has 0 aliphatic heterocycles. The van der Waals surface area contributed by atoms with Gasteiger partial charge in [0.25, 0.3) is 0 Å². The minimum Gasteiger partial charge on any atom is -0.464 e. The molecule has 104 valence electrons. The van der Waals surface area contributed by atoms with Crippen molar-refractivity contribution in [3.63, 3.8) is 0 Å². The predicted molar refractivity (Wildman–Crippen MR) is 78.4 cm³/mol. The molecule has 0 atom stereocenters. The number of carbonyl (C=O) groups is 1. The molecule has 0 saturated carbocycles.